The Morgan fingerprint density at radius 3 is 2.39 bits per heavy atom. The van der Waals surface area contributed by atoms with Crippen molar-refractivity contribution in [3.8, 4) is 0 Å². The largest absolute Gasteiger partial charge is 0.444 e. The zero-order chi connectivity index (χ0) is 17.6. The topological polar surface area (TPSA) is 50.4 Å². The highest BCUT2D eigenvalue weighted by Gasteiger charge is 2.19. The Balaban J connectivity index is 2.57. The standard InChI is InChI=1S/C18H32N2O2S/c1-12(2)10-15(11-19-17(21)22-18(5,6)7)20-14(4)16-9-8-13(3)23-16/h8-9,12,14-15,20H,10-11H2,1-7H3,(H,19,21). The summed E-state index contributed by atoms with van der Waals surface area (Å²) in [6.45, 7) is 14.9. The highest BCUT2D eigenvalue weighted by molar-refractivity contribution is 7.12. The lowest BCUT2D eigenvalue weighted by Crippen LogP contribution is -2.44. The minimum absolute atomic E-state index is 0.222. The third-order valence-corrected chi connectivity index (χ3v) is 4.50. The van der Waals surface area contributed by atoms with Gasteiger partial charge in [-0.3, -0.25) is 0 Å². The number of aryl methyl sites for hydroxylation is 1. The number of rotatable bonds is 7. The molecule has 2 N–H and O–H groups in total. The number of hydrogen-bond acceptors (Lipinski definition) is 4. The average molecular weight is 341 g/mol. The van der Waals surface area contributed by atoms with E-state index in [9.17, 15) is 4.79 Å². The van der Waals surface area contributed by atoms with Crippen molar-refractivity contribution in [3.63, 3.8) is 0 Å². The lowest BCUT2D eigenvalue weighted by atomic mass is 10.0. The van der Waals surface area contributed by atoms with Gasteiger partial charge in [0.2, 0.25) is 0 Å². The highest BCUT2D eigenvalue weighted by atomic mass is 32.1. The van der Waals surface area contributed by atoms with E-state index in [1.165, 1.54) is 9.75 Å². The summed E-state index contributed by atoms with van der Waals surface area (Å²) in [4.78, 5) is 14.5. The molecule has 5 heteroatoms. The zero-order valence-electron chi connectivity index (χ0n) is 15.5. The molecule has 0 aliphatic carbocycles. The molecule has 0 aliphatic heterocycles. The van der Waals surface area contributed by atoms with Gasteiger partial charge >= 0.3 is 6.09 Å². The predicted molar refractivity (Wildman–Crippen MR) is 98.1 cm³/mol. The van der Waals surface area contributed by atoms with Crippen LogP contribution in [0.25, 0.3) is 0 Å². The number of thiophene rings is 1. The molecule has 1 rings (SSSR count). The van der Waals surface area contributed by atoms with E-state index in [1.807, 2.05) is 32.1 Å². The van der Waals surface area contributed by atoms with Gasteiger partial charge in [0.1, 0.15) is 5.60 Å². The molecular weight excluding hydrogens is 308 g/mol. The minimum atomic E-state index is -0.465. The van der Waals surface area contributed by atoms with Crippen LogP contribution in [0.5, 0.6) is 0 Å². The summed E-state index contributed by atoms with van der Waals surface area (Å²) in [6, 6.07) is 4.82. The maximum absolute atomic E-state index is 11.8. The molecule has 1 aromatic rings. The molecule has 4 nitrogen and oxygen atoms in total. The molecular formula is C18H32N2O2S. The van der Waals surface area contributed by atoms with E-state index in [4.69, 9.17) is 4.74 Å². The molecule has 23 heavy (non-hydrogen) atoms. The van der Waals surface area contributed by atoms with Gasteiger partial charge in [-0.25, -0.2) is 4.79 Å². The van der Waals surface area contributed by atoms with E-state index < -0.39 is 5.60 Å². The van der Waals surface area contributed by atoms with Crippen LogP contribution in [-0.4, -0.2) is 24.3 Å². The fraction of sp³-hybridized carbons (Fsp3) is 0.722. The van der Waals surface area contributed by atoms with Crippen LogP contribution < -0.4 is 10.6 Å². The number of ether oxygens (including phenoxy) is 1. The van der Waals surface area contributed by atoms with Crippen LogP contribution in [0, 0.1) is 12.8 Å². The molecule has 0 saturated heterocycles. The minimum Gasteiger partial charge on any atom is -0.444 e. The van der Waals surface area contributed by atoms with Gasteiger partial charge in [-0.05, 0) is 59.1 Å². The Morgan fingerprint density at radius 1 is 1.26 bits per heavy atom. The quantitative estimate of drug-likeness (QED) is 0.760. The summed E-state index contributed by atoms with van der Waals surface area (Å²) in [5, 5.41) is 6.52. The van der Waals surface area contributed by atoms with Crippen molar-refractivity contribution in [3.05, 3.63) is 21.9 Å². The number of hydrogen-bond donors (Lipinski definition) is 2. The summed E-state index contributed by atoms with van der Waals surface area (Å²) in [7, 11) is 0. The van der Waals surface area contributed by atoms with Gasteiger partial charge in [0.25, 0.3) is 0 Å². The Bertz CT molecular complexity index is 491. The van der Waals surface area contributed by atoms with Crippen molar-refractivity contribution in [1.29, 1.82) is 0 Å². The van der Waals surface area contributed by atoms with Crippen LogP contribution in [0.2, 0.25) is 0 Å². The van der Waals surface area contributed by atoms with Crippen LogP contribution in [0.3, 0.4) is 0 Å². The SMILES string of the molecule is Cc1ccc(C(C)NC(CNC(=O)OC(C)(C)C)CC(C)C)s1. The first-order chi connectivity index (χ1) is 10.6. The maximum Gasteiger partial charge on any atom is 0.407 e. The summed E-state index contributed by atoms with van der Waals surface area (Å²) < 4.78 is 5.31. The molecule has 1 amide bonds. The number of carbonyl (C=O) groups excluding carboxylic acids is 1. The van der Waals surface area contributed by atoms with Crippen LogP contribution in [0.1, 0.15) is 63.8 Å². The molecule has 0 aromatic carbocycles. The van der Waals surface area contributed by atoms with Crippen molar-refractivity contribution in [1.82, 2.24) is 10.6 Å². The van der Waals surface area contributed by atoms with Crippen LogP contribution in [0.15, 0.2) is 12.1 Å². The number of amides is 1. The molecule has 1 aromatic heterocycles. The van der Waals surface area contributed by atoms with Crippen molar-refractivity contribution in [2.24, 2.45) is 5.92 Å². The fourth-order valence-corrected chi connectivity index (χ4v) is 3.31. The van der Waals surface area contributed by atoms with Gasteiger partial charge in [-0.1, -0.05) is 13.8 Å². The second kappa shape index (κ2) is 8.69. The van der Waals surface area contributed by atoms with E-state index in [-0.39, 0.29) is 18.2 Å². The monoisotopic (exact) mass is 340 g/mol. The van der Waals surface area contributed by atoms with Crippen LogP contribution in [-0.2, 0) is 4.74 Å². The van der Waals surface area contributed by atoms with Gasteiger partial charge < -0.3 is 15.4 Å². The predicted octanol–water partition coefficient (Wildman–Crippen LogP) is 4.65. The number of alkyl carbamates (subject to hydrolysis) is 1. The average Bonchev–Trinajstić information content (AvgIpc) is 2.80. The Hall–Kier alpha value is -1.07. The Labute approximate surface area is 145 Å². The first kappa shape index (κ1) is 20.0. The number of nitrogens with one attached hydrogen (secondary N) is 2. The molecule has 0 aliphatic rings. The molecule has 0 bridgehead atoms. The summed E-state index contributed by atoms with van der Waals surface area (Å²) >= 11 is 1.81. The first-order valence-electron chi connectivity index (χ1n) is 8.36. The van der Waals surface area contributed by atoms with Crippen molar-refractivity contribution in [2.75, 3.05) is 6.54 Å². The molecule has 0 spiro atoms. The van der Waals surface area contributed by atoms with Gasteiger partial charge in [0.15, 0.2) is 0 Å². The third-order valence-electron chi connectivity index (χ3n) is 3.32. The molecule has 2 unspecified atom stereocenters. The molecule has 2 atom stereocenters. The maximum atomic E-state index is 11.8. The highest BCUT2D eigenvalue weighted by Crippen LogP contribution is 2.23. The molecule has 0 radical (unpaired) electrons. The smallest absolute Gasteiger partial charge is 0.407 e. The number of carbonyl (C=O) groups is 1. The van der Waals surface area contributed by atoms with Gasteiger partial charge in [0, 0.05) is 28.4 Å². The lowest BCUT2D eigenvalue weighted by molar-refractivity contribution is 0.0520. The van der Waals surface area contributed by atoms with E-state index in [0.717, 1.165) is 6.42 Å². The Morgan fingerprint density at radius 2 is 1.91 bits per heavy atom. The summed E-state index contributed by atoms with van der Waals surface area (Å²) in [5.74, 6) is 0.560. The van der Waals surface area contributed by atoms with E-state index in [2.05, 4.69) is 50.5 Å². The molecule has 0 saturated carbocycles. The van der Waals surface area contributed by atoms with Crippen LogP contribution >= 0.6 is 11.3 Å². The van der Waals surface area contributed by atoms with Crippen molar-refractivity contribution >= 4 is 17.4 Å². The zero-order valence-corrected chi connectivity index (χ0v) is 16.3. The third kappa shape index (κ3) is 8.37. The second-order valence-electron chi connectivity index (χ2n) is 7.55. The summed E-state index contributed by atoms with van der Waals surface area (Å²) in [6.07, 6.45) is 0.650. The van der Waals surface area contributed by atoms with E-state index >= 15 is 0 Å². The molecule has 1 heterocycles. The van der Waals surface area contributed by atoms with Gasteiger partial charge in [-0.2, -0.15) is 0 Å². The Kier molecular flexibility index (Phi) is 7.55. The normalized spacial score (nSPS) is 14.6. The molecule has 0 fully saturated rings. The fourth-order valence-electron chi connectivity index (χ4n) is 2.42. The first-order valence-corrected chi connectivity index (χ1v) is 9.17. The van der Waals surface area contributed by atoms with Crippen molar-refractivity contribution in [2.45, 2.75) is 72.6 Å². The van der Waals surface area contributed by atoms with Crippen molar-refractivity contribution < 1.29 is 9.53 Å². The van der Waals surface area contributed by atoms with Gasteiger partial charge in [-0.15, -0.1) is 11.3 Å². The lowest BCUT2D eigenvalue weighted by Gasteiger charge is -2.26. The van der Waals surface area contributed by atoms with Crippen LogP contribution in [0.4, 0.5) is 4.79 Å². The molecule has 132 valence electrons. The summed E-state index contributed by atoms with van der Waals surface area (Å²) in [5.41, 5.74) is -0.465. The van der Waals surface area contributed by atoms with E-state index in [1.54, 1.807) is 0 Å². The van der Waals surface area contributed by atoms with Gasteiger partial charge in [0.05, 0.1) is 0 Å². The second-order valence-corrected chi connectivity index (χ2v) is 8.87. The van der Waals surface area contributed by atoms with E-state index in [0.29, 0.717) is 12.5 Å².